The molecule has 2 amide bonds. The van der Waals surface area contributed by atoms with E-state index >= 15 is 0 Å². The lowest BCUT2D eigenvalue weighted by Gasteiger charge is -2.40. The third kappa shape index (κ3) is 6.15. The molecule has 1 N–H and O–H groups in total. The molecule has 0 bridgehead atoms. The highest BCUT2D eigenvalue weighted by Gasteiger charge is 2.37. The lowest BCUT2D eigenvalue weighted by atomic mass is 9.94. The van der Waals surface area contributed by atoms with Crippen LogP contribution >= 0.6 is 0 Å². The SMILES string of the molecule is COc1cc(OC)cc(C(=O)N2CCN([C@@H](C(=O)NCCC(C)C)C3CCCC3)CC2)c1. The number of amides is 2. The van der Waals surface area contributed by atoms with E-state index in [1.54, 1.807) is 32.4 Å². The molecule has 178 valence electrons. The summed E-state index contributed by atoms with van der Waals surface area (Å²) in [7, 11) is 3.16. The van der Waals surface area contributed by atoms with Crippen molar-refractivity contribution in [2.75, 3.05) is 46.9 Å². The highest BCUT2D eigenvalue weighted by atomic mass is 16.5. The minimum Gasteiger partial charge on any atom is -0.497 e. The van der Waals surface area contributed by atoms with Gasteiger partial charge in [-0.1, -0.05) is 26.7 Å². The Bertz CT molecular complexity index is 746. The van der Waals surface area contributed by atoms with Crippen molar-refractivity contribution in [1.82, 2.24) is 15.1 Å². The molecule has 1 aliphatic carbocycles. The second-order valence-electron chi connectivity index (χ2n) is 9.39. The summed E-state index contributed by atoms with van der Waals surface area (Å²) in [5, 5.41) is 3.18. The van der Waals surface area contributed by atoms with E-state index in [0.717, 1.165) is 25.8 Å². The monoisotopic (exact) mass is 445 g/mol. The highest BCUT2D eigenvalue weighted by molar-refractivity contribution is 5.95. The summed E-state index contributed by atoms with van der Waals surface area (Å²) in [5.74, 6) is 2.33. The van der Waals surface area contributed by atoms with Crippen LogP contribution in [0.3, 0.4) is 0 Å². The molecule has 1 aliphatic heterocycles. The van der Waals surface area contributed by atoms with Gasteiger partial charge < -0.3 is 19.7 Å². The summed E-state index contributed by atoms with van der Waals surface area (Å²) in [6, 6.07) is 5.18. The fraction of sp³-hybridized carbons (Fsp3) is 0.680. The molecule has 1 atom stereocenters. The van der Waals surface area contributed by atoms with Gasteiger partial charge in [-0.3, -0.25) is 14.5 Å². The van der Waals surface area contributed by atoms with Crippen LogP contribution in [-0.4, -0.2) is 74.6 Å². The molecule has 0 aromatic heterocycles. The molecule has 0 spiro atoms. The second kappa shape index (κ2) is 11.5. The maximum Gasteiger partial charge on any atom is 0.254 e. The number of methoxy groups -OCH3 is 2. The van der Waals surface area contributed by atoms with Crippen LogP contribution in [0.4, 0.5) is 0 Å². The van der Waals surface area contributed by atoms with Gasteiger partial charge in [-0.2, -0.15) is 0 Å². The van der Waals surface area contributed by atoms with Gasteiger partial charge in [0, 0.05) is 44.4 Å². The number of ether oxygens (including phenoxy) is 2. The van der Waals surface area contributed by atoms with Crippen LogP contribution in [0.1, 0.15) is 56.3 Å². The predicted molar refractivity (Wildman–Crippen MR) is 125 cm³/mol. The van der Waals surface area contributed by atoms with Crippen LogP contribution in [-0.2, 0) is 4.79 Å². The van der Waals surface area contributed by atoms with Gasteiger partial charge in [0.2, 0.25) is 5.91 Å². The van der Waals surface area contributed by atoms with E-state index in [0.29, 0.717) is 55.1 Å². The Hall–Kier alpha value is -2.28. The van der Waals surface area contributed by atoms with E-state index in [1.165, 1.54) is 12.8 Å². The summed E-state index contributed by atoms with van der Waals surface area (Å²) in [4.78, 5) is 30.4. The molecule has 1 saturated heterocycles. The van der Waals surface area contributed by atoms with Crippen molar-refractivity contribution in [1.29, 1.82) is 0 Å². The molecule has 32 heavy (non-hydrogen) atoms. The number of carbonyl (C=O) groups is 2. The normalized spacial score (nSPS) is 18.6. The van der Waals surface area contributed by atoms with E-state index in [9.17, 15) is 9.59 Å². The Morgan fingerprint density at radius 3 is 2.12 bits per heavy atom. The number of nitrogens with zero attached hydrogens (tertiary/aromatic N) is 2. The molecule has 3 rings (SSSR count). The first kappa shape index (κ1) is 24.4. The van der Waals surface area contributed by atoms with Crippen LogP contribution in [0.25, 0.3) is 0 Å². The molecule has 1 saturated carbocycles. The Kier molecular flexibility index (Phi) is 8.79. The Labute approximate surface area is 192 Å². The van der Waals surface area contributed by atoms with Crippen molar-refractivity contribution in [3.8, 4) is 11.5 Å². The average Bonchev–Trinajstić information content (AvgIpc) is 3.33. The summed E-state index contributed by atoms with van der Waals surface area (Å²) >= 11 is 0. The van der Waals surface area contributed by atoms with E-state index in [-0.39, 0.29) is 17.9 Å². The number of hydrogen-bond donors (Lipinski definition) is 1. The largest absolute Gasteiger partial charge is 0.497 e. The standard InChI is InChI=1S/C25H39N3O4/c1-18(2)9-10-26-24(29)23(19-7-5-6-8-19)27-11-13-28(14-12-27)25(30)20-15-21(31-3)17-22(16-20)32-4/h15-19,23H,5-14H2,1-4H3,(H,26,29)/t23-/m1/s1. The third-order valence-electron chi connectivity index (χ3n) is 6.73. The molecule has 1 aromatic carbocycles. The maximum absolute atomic E-state index is 13.1. The molecule has 7 heteroatoms. The minimum atomic E-state index is -0.0844. The fourth-order valence-electron chi connectivity index (χ4n) is 4.86. The number of hydrogen-bond acceptors (Lipinski definition) is 5. The van der Waals surface area contributed by atoms with Crippen LogP contribution in [0.2, 0.25) is 0 Å². The van der Waals surface area contributed by atoms with E-state index in [1.807, 2.05) is 4.90 Å². The smallest absolute Gasteiger partial charge is 0.254 e. The zero-order chi connectivity index (χ0) is 23.1. The molecule has 7 nitrogen and oxygen atoms in total. The van der Waals surface area contributed by atoms with Crippen molar-refractivity contribution in [2.45, 2.75) is 52.0 Å². The Morgan fingerprint density at radius 1 is 1.00 bits per heavy atom. The van der Waals surface area contributed by atoms with Gasteiger partial charge in [0.25, 0.3) is 5.91 Å². The van der Waals surface area contributed by atoms with E-state index < -0.39 is 0 Å². The molecule has 0 unspecified atom stereocenters. The second-order valence-corrected chi connectivity index (χ2v) is 9.39. The van der Waals surface area contributed by atoms with Gasteiger partial charge in [0.05, 0.1) is 20.3 Å². The first-order chi connectivity index (χ1) is 15.4. The molecule has 2 aliphatic rings. The number of nitrogens with one attached hydrogen (secondary N) is 1. The van der Waals surface area contributed by atoms with E-state index in [2.05, 4.69) is 24.1 Å². The van der Waals surface area contributed by atoms with Crippen molar-refractivity contribution in [2.24, 2.45) is 11.8 Å². The molecule has 0 radical (unpaired) electrons. The van der Waals surface area contributed by atoms with Crippen LogP contribution in [0.15, 0.2) is 18.2 Å². The van der Waals surface area contributed by atoms with Crippen molar-refractivity contribution in [3.63, 3.8) is 0 Å². The van der Waals surface area contributed by atoms with Crippen LogP contribution in [0, 0.1) is 11.8 Å². The van der Waals surface area contributed by atoms with Crippen LogP contribution < -0.4 is 14.8 Å². The topological polar surface area (TPSA) is 71.1 Å². The number of carbonyl (C=O) groups excluding carboxylic acids is 2. The Morgan fingerprint density at radius 2 is 1.59 bits per heavy atom. The zero-order valence-electron chi connectivity index (χ0n) is 20.1. The summed E-state index contributed by atoms with van der Waals surface area (Å²) < 4.78 is 10.6. The minimum absolute atomic E-state index is 0.0272. The molecule has 1 heterocycles. The fourth-order valence-corrected chi connectivity index (χ4v) is 4.86. The van der Waals surface area contributed by atoms with Crippen molar-refractivity contribution < 1.29 is 19.1 Å². The summed E-state index contributed by atoms with van der Waals surface area (Å²) in [5.41, 5.74) is 0.563. The molecule has 1 aromatic rings. The van der Waals surface area contributed by atoms with Gasteiger partial charge in [-0.15, -0.1) is 0 Å². The highest BCUT2D eigenvalue weighted by Crippen LogP contribution is 2.31. The van der Waals surface area contributed by atoms with Gasteiger partial charge in [-0.05, 0) is 43.2 Å². The molecule has 2 fully saturated rings. The lowest BCUT2D eigenvalue weighted by molar-refractivity contribution is -0.129. The maximum atomic E-state index is 13.1. The first-order valence-corrected chi connectivity index (χ1v) is 12.0. The zero-order valence-corrected chi connectivity index (χ0v) is 20.1. The van der Waals surface area contributed by atoms with E-state index in [4.69, 9.17) is 9.47 Å². The molecular formula is C25H39N3O4. The lowest BCUT2D eigenvalue weighted by Crippen LogP contribution is -2.58. The summed E-state index contributed by atoms with van der Waals surface area (Å²) in [6.07, 6.45) is 5.64. The molecular weight excluding hydrogens is 406 g/mol. The van der Waals surface area contributed by atoms with Crippen LogP contribution in [0.5, 0.6) is 11.5 Å². The Balaban J connectivity index is 1.64. The average molecular weight is 446 g/mol. The van der Waals surface area contributed by atoms with Crippen molar-refractivity contribution >= 4 is 11.8 Å². The quantitative estimate of drug-likeness (QED) is 0.632. The number of benzene rings is 1. The number of piperazine rings is 1. The van der Waals surface area contributed by atoms with Gasteiger partial charge in [0.15, 0.2) is 0 Å². The first-order valence-electron chi connectivity index (χ1n) is 12.0. The van der Waals surface area contributed by atoms with Gasteiger partial charge in [-0.25, -0.2) is 0 Å². The predicted octanol–water partition coefficient (Wildman–Crippen LogP) is 3.18. The van der Waals surface area contributed by atoms with Gasteiger partial charge in [0.1, 0.15) is 11.5 Å². The van der Waals surface area contributed by atoms with Gasteiger partial charge >= 0.3 is 0 Å². The summed E-state index contributed by atoms with van der Waals surface area (Å²) in [6.45, 7) is 7.73. The third-order valence-corrected chi connectivity index (χ3v) is 6.73. The van der Waals surface area contributed by atoms with Crippen molar-refractivity contribution in [3.05, 3.63) is 23.8 Å². The number of rotatable bonds is 9.